The Kier molecular flexibility index (Phi) is 6.08. The van der Waals surface area contributed by atoms with E-state index in [2.05, 4.69) is 0 Å². The van der Waals surface area contributed by atoms with Gasteiger partial charge in [-0.3, -0.25) is 4.79 Å². The minimum absolute atomic E-state index is 0.0401. The van der Waals surface area contributed by atoms with Crippen LogP contribution >= 0.6 is 11.8 Å². The Labute approximate surface area is 103 Å². The van der Waals surface area contributed by atoms with Crippen molar-refractivity contribution in [1.82, 2.24) is 4.90 Å². The molecule has 1 amide bonds. The van der Waals surface area contributed by atoms with Gasteiger partial charge in [-0.1, -0.05) is 13.8 Å². The summed E-state index contributed by atoms with van der Waals surface area (Å²) in [6.45, 7) is 10.0. The zero-order valence-electron chi connectivity index (χ0n) is 11.1. The molecule has 0 bridgehead atoms. The summed E-state index contributed by atoms with van der Waals surface area (Å²) in [6, 6.07) is 0. The Morgan fingerprint density at radius 2 is 1.88 bits per heavy atom. The Hall–Kier alpha value is -0.510. The smallest absolute Gasteiger partial charge is 0.236 e. The summed E-state index contributed by atoms with van der Waals surface area (Å²) in [5.41, 5.74) is -0.199. The summed E-state index contributed by atoms with van der Waals surface area (Å²) in [5.74, 6) is 0.0401. The van der Waals surface area contributed by atoms with Crippen LogP contribution in [-0.2, 0) is 9.59 Å². The zero-order chi connectivity index (χ0) is 12.9. The summed E-state index contributed by atoms with van der Waals surface area (Å²) in [5, 5.41) is 0.101. The molecule has 1 atom stereocenters. The van der Waals surface area contributed by atoms with Crippen LogP contribution in [0.5, 0.6) is 0 Å². The molecule has 0 rings (SSSR count). The highest BCUT2D eigenvalue weighted by molar-refractivity contribution is 8.01. The van der Waals surface area contributed by atoms with Crippen molar-refractivity contribution in [3.8, 4) is 0 Å². The first kappa shape index (κ1) is 15.5. The van der Waals surface area contributed by atoms with E-state index in [1.165, 1.54) is 0 Å². The van der Waals surface area contributed by atoms with E-state index < -0.39 is 0 Å². The lowest BCUT2D eigenvalue weighted by atomic mass is 10.1. The Balaban J connectivity index is 4.66. The van der Waals surface area contributed by atoms with Crippen LogP contribution in [0.3, 0.4) is 0 Å². The van der Waals surface area contributed by atoms with Gasteiger partial charge in [0.25, 0.3) is 0 Å². The van der Waals surface area contributed by atoms with Crippen molar-refractivity contribution < 1.29 is 9.59 Å². The molecule has 0 aromatic rings. The lowest BCUT2D eigenvalue weighted by Gasteiger charge is -2.34. The van der Waals surface area contributed by atoms with Gasteiger partial charge in [-0.15, -0.1) is 11.8 Å². The summed E-state index contributed by atoms with van der Waals surface area (Å²) in [4.78, 5) is 24.5. The van der Waals surface area contributed by atoms with Crippen molar-refractivity contribution >= 4 is 24.0 Å². The van der Waals surface area contributed by atoms with Gasteiger partial charge in [0.1, 0.15) is 6.29 Å². The van der Waals surface area contributed by atoms with Gasteiger partial charge in [0.05, 0.1) is 5.25 Å². The van der Waals surface area contributed by atoms with Gasteiger partial charge in [0, 0.05) is 19.0 Å². The topological polar surface area (TPSA) is 37.4 Å². The molecule has 0 aromatic carbocycles. The maximum absolute atomic E-state index is 12.2. The highest BCUT2D eigenvalue weighted by atomic mass is 32.2. The van der Waals surface area contributed by atoms with Gasteiger partial charge in [-0.05, 0) is 26.0 Å². The summed E-state index contributed by atoms with van der Waals surface area (Å²) in [6.07, 6.45) is 1.12. The quantitative estimate of drug-likeness (QED) is 0.698. The van der Waals surface area contributed by atoms with E-state index in [4.69, 9.17) is 0 Å². The molecule has 94 valence electrons. The molecule has 0 aromatic heterocycles. The predicted molar refractivity (Wildman–Crippen MR) is 69.7 cm³/mol. The van der Waals surface area contributed by atoms with Crippen molar-refractivity contribution in [3.63, 3.8) is 0 Å². The van der Waals surface area contributed by atoms with Crippen LogP contribution in [0.15, 0.2) is 0 Å². The van der Waals surface area contributed by atoms with Crippen LogP contribution in [0.1, 0.15) is 41.0 Å². The third kappa shape index (κ3) is 5.01. The first-order valence-corrected chi connectivity index (χ1v) is 6.51. The fourth-order valence-electron chi connectivity index (χ4n) is 1.18. The zero-order valence-corrected chi connectivity index (χ0v) is 11.9. The van der Waals surface area contributed by atoms with Crippen LogP contribution in [0.25, 0.3) is 0 Å². The first-order valence-electron chi connectivity index (χ1n) is 5.57. The number of aldehydes is 1. The number of rotatable bonds is 5. The number of hydrogen-bond donors (Lipinski definition) is 0. The SMILES string of the molecule is CC(C)SC(CC=O)C(=O)N(C)C(C)(C)C. The van der Waals surface area contributed by atoms with Gasteiger partial charge < -0.3 is 9.69 Å². The fraction of sp³-hybridized carbons (Fsp3) is 0.833. The summed E-state index contributed by atoms with van der Waals surface area (Å²) < 4.78 is 0. The molecule has 0 aliphatic heterocycles. The number of hydrogen-bond acceptors (Lipinski definition) is 3. The number of amides is 1. The van der Waals surface area contributed by atoms with Gasteiger partial charge in [0.15, 0.2) is 0 Å². The second-order valence-electron chi connectivity index (χ2n) is 5.14. The maximum Gasteiger partial charge on any atom is 0.236 e. The van der Waals surface area contributed by atoms with Gasteiger partial charge in [-0.2, -0.15) is 0 Å². The molecule has 0 fully saturated rings. The Morgan fingerprint density at radius 3 is 2.19 bits per heavy atom. The van der Waals surface area contributed by atoms with Crippen molar-refractivity contribution in [2.75, 3.05) is 7.05 Å². The summed E-state index contributed by atoms with van der Waals surface area (Å²) >= 11 is 1.55. The van der Waals surface area contributed by atoms with E-state index in [9.17, 15) is 9.59 Å². The van der Waals surface area contributed by atoms with Crippen molar-refractivity contribution in [3.05, 3.63) is 0 Å². The lowest BCUT2D eigenvalue weighted by Crippen LogP contribution is -2.46. The second-order valence-corrected chi connectivity index (χ2v) is 6.93. The fourth-order valence-corrected chi connectivity index (χ4v) is 2.30. The van der Waals surface area contributed by atoms with Crippen LogP contribution in [0.4, 0.5) is 0 Å². The largest absolute Gasteiger partial charge is 0.340 e. The minimum atomic E-state index is -0.248. The molecule has 0 radical (unpaired) electrons. The van der Waals surface area contributed by atoms with Crippen LogP contribution in [0.2, 0.25) is 0 Å². The van der Waals surface area contributed by atoms with Gasteiger partial charge >= 0.3 is 0 Å². The van der Waals surface area contributed by atoms with Crippen LogP contribution in [0, 0.1) is 0 Å². The molecule has 16 heavy (non-hydrogen) atoms. The second kappa shape index (κ2) is 6.28. The van der Waals surface area contributed by atoms with Gasteiger partial charge in [-0.25, -0.2) is 0 Å². The molecule has 0 aliphatic rings. The molecule has 0 spiro atoms. The number of carbonyl (C=O) groups is 2. The normalized spacial score (nSPS) is 13.7. The van der Waals surface area contributed by atoms with Gasteiger partial charge in [0.2, 0.25) is 5.91 Å². The monoisotopic (exact) mass is 245 g/mol. The predicted octanol–water partition coefficient (Wildman–Crippen LogP) is 2.34. The Bertz CT molecular complexity index is 246. The Morgan fingerprint density at radius 1 is 1.38 bits per heavy atom. The highest BCUT2D eigenvalue weighted by Gasteiger charge is 2.29. The molecular formula is C12H23NO2S. The number of thioether (sulfide) groups is 1. The number of nitrogens with zero attached hydrogens (tertiary/aromatic N) is 1. The molecule has 0 saturated heterocycles. The van der Waals surface area contributed by atoms with E-state index >= 15 is 0 Å². The molecule has 0 N–H and O–H groups in total. The molecular weight excluding hydrogens is 222 g/mol. The van der Waals surface area contributed by atoms with E-state index in [-0.39, 0.29) is 16.7 Å². The summed E-state index contributed by atoms with van der Waals surface area (Å²) in [7, 11) is 1.79. The van der Waals surface area contributed by atoms with Crippen molar-refractivity contribution in [2.24, 2.45) is 0 Å². The molecule has 4 heteroatoms. The highest BCUT2D eigenvalue weighted by Crippen LogP contribution is 2.24. The molecule has 3 nitrogen and oxygen atoms in total. The van der Waals surface area contributed by atoms with Crippen molar-refractivity contribution in [2.45, 2.75) is 57.1 Å². The third-order valence-electron chi connectivity index (χ3n) is 2.36. The molecule has 0 heterocycles. The van der Waals surface area contributed by atoms with E-state index in [1.54, 1.807) is 23.7 Å². The average molecular weight is 245 g/mol. The molecule has 1 unspecified atom stereocenters. The third-order valence-corrected chi connectivity index (χ3v) is 3.63. The maximum atomic E-state index is 12.2. The minimum Gasteiger partial charge on any atom is -0.340 e. The first-order chi connectivity index (χ1) is 7.20. The van der Waals surface area contributed by atoms with E-state index in [0.717, 1.165) is 6.29 Å². The number of carbonyl (C=O) groups excluding carboxylic acids is 2. The van der Waals surface area contributed by atoms with E-state index in [0.29, 0.717) is 11.7 Å². The van der Waals surface area contributed by atoms with Crippen LogP contribution in [-0.4, -0.2) is 40.2 Å². The molecule has 0 aliphatic carbocycles. The standard InChI is InChI=1S/C12H23NO2S/c1-9(2)16-10(7-8-14)11(15)13(6)12(3,4)5/h8-10H,7H2,1-6H3. The molecule has 0 saturated carbocycles. The lowest BCUT2D eigenvalue weighted by molar-refractivity contribution is -0.134. The average Bonchev–Trinajstić information content (AvgIpc) is 2.12. The van der Waals surface area contributed by atoms with Crippen LogP contribution < -0.4 is 0 Å². The van der Waals surface area contributed by atoms with Crippen molar-refractivity contribution in [1.29, 1.82) is 0 Å². The van der Waals surface area contributed by atoms with E-state index in [1.807, 2.05) is 34.6 Å².